The number of hydrazine groups is 1. The van der Waals surface area contributed by atoms with E-state index in [0.29, 0.717) is 23.5 Å². The number of benzene rings is 2. The van der Waals surface area contributed by atoms with Crippen LogP contribution in [-0.4, -0.2) is 18.4 Å². The Bertz CT molecular complexity index is 758. The monoisotopic (exact) mass is 342 g/mol. The molecule has 2 rings (SSSR count). The molecule has 0 unspecified atom stereocenters. The number of hydrogen-bond donors (Lipinski definition) is 2. The van der Waals surface area contributed by atoms with Gasteiger partial charge in [0.25, 0.3) is 11.8 Å². The minimum absolute atomic E-state index is 0.332. The van der Waals surface area contributed by atoms with Gasteiger partial charge >= 0.3 is 0 Å². The van der Waals surface area contributed by atoms with Crippen LogP contribution in [0.4, 0.5) is 4.39 Å². The summed E-state index contributed by atoms with van der Waals surface area (Å²) in [5.41, 5.74) is 5.62. The van der Waals surface area contributed by atoms with E-state index in [1.807, 2.05) is 6.92 Å². The number of hydrogen-bond acceptors (Lipinski definition) is 3. The second-order valence-corrected chi connectivity index (χ2v) is 5.17. The normalized spacial score (nSPS) is 10.5. The van der Waals surface area contributed by atoms with Gasteiger partial charge in [0.1, 0.15) is 11.6 Å². The van der Waals surface area contributed by atoms with Gasteiger partial charge in [0.15, 0.2) is 0 Å². The molecule has 0 fully saturated rings. The summed E-state index contributed by atoms with van der Waals surface area (Å²) in [6.07, 6.45) is 3.58. The average molecular weight is 342 g/mol. The van der Waals surface area contributed by atoms with Crippen molar-refractivity contribution in [1.82, 2.24) is 10.9 Å². The lowest BCUT2D eigenvalue weighted by Gasteiger charge is -2.11. The predicted molar refractivity (Wildman–Crippen MR) is 93.3 cm³/mol. The lowest BCUT2D eigenvalue weighted by molar-refractivity contribution is -0.117. The lowest BCUT2D eigenvalue weighted by Crippen LogP contribution is -2.40. The summed E-state index contributed by atoms with van der Waals surface area (Å²) >= 11 is 0. The average Bonchev–Trinajstić information content (AvgIpc) is 2.64. The fourth-order valence-electron chi connectivity index (χ4n) is 1.97. The van der Waals surface area contributed by atoms with Gasteiger partial charge in [-0.15, -0.1) is 0 Å². The van der Waals surface area contributed by atoms with Crippen LogP contribution in [0.1, 0.15) is 29.3 Å². The molecule has 2 aromatic carbocycles. The fraction of sp³-hybridized carbons (Fsp3) is 0.158. The lowest BCUT2D eigenvalue weighted by atomic mass is 10.2. The van der Waals surface area contributed by atoms with E-state index < -0.39 is 11.8 Å². The zero-order valence-electron chi connectivity index (χ0n) is 13.8. The Hall–Kier alpha value is -3.15. The van der Waals surface area contributed by atoms with Gasteiger partial charge < -0.3 is 4.74 Å². The Morgan fingerprint density at radius 2 is 1.80 bits per heavy atom. The number of amides is 2. The summed E-state index contributed by atoms with van der Waals surface area (Å²) in [7, 11) is 0. The summed E-state index contributed by atoms with van der Waals surface area (Å²) in [5.74, 6) is -0.879. The third-order valence-electron chi connectivity index (χ3n) is 3.19. The zero-order valence-corrected chi connectivity index (χ0v) is 13.8. The van der Waals surface area contributed by atoms with Gasteiger partial charge in [0, 0.05) is 6.08 Å². The van der Waals surface area contributed by atoms with Crippen molar-refractivity contribution in [1.29, 1.82) is 0 Å². The Morgan fingerprint density at radius 3 is 2.52 bits per heavy atom. The van der Waals surface area contributed by atoms with E-state index in [1.165, 1.54) is 24.3 Å². The second kappa shape index (κ2) is 9.22. The molecular formula is C19H19FN2O3. The molecule has 5 nitrogen and oxygen atoms in total. The molecule has 0 saturated heterocycles. The van der Waals surface area contributed by atoms with Crippen LogP contribution in [0, 0.1) is 5.82 Å². The van der Waals surface area contributed by atoms with Crippen LogP contribution in [0.25, 0.3) is 6.08 Å². The molecule has 6 heteroatoms. The van der Waals surface area contributed by atoms with Crippen LogP contribution < -0.4 is 15.6 Å². The molecule has 0 bridgehead atoms. The number of carbonyl (C=O) groups is 2. The number of nitrogens with one attached hydrogen (secondary N) is 2. The first-order chi connectivity index (χ1) is 12.1. The highest BCUT2D eigenvalue weighted by molar-refractivity contribution is 5.99. The number of carbonyl (C=O) groups excluding carboxylic acids is 2. The number of rotatable bonds is 6. The fourth-order valence-corrected chi connectivity index (χ4v) is 1.97. The molecule has 0 aliphatic heterocycles. The second-order valence-electron chi connectivity index (χ2n) is 5.17. The minimum Gasteiger partial charge on any atom is -0.493 e. The molecule has 130 valence electrons. The first-order valence-electron chi connectivity index (χ1n) is 7.86. The highest BCUT2D eigenvalue weighted by atomic mass is 19.1. The molecule has 0 saturated carbocycles. The molecular weight excluding hydrogens is 323 g/mol. The Kier molecular flexibility index (Phi) is 6.71. The first kappa shape index (κ1) is 18.2. The van der Waals surface area contributed by atoms with Crippen LogP contribution in [0.2, 0.25) is 0 Å². The maximum Gasteiger partial charge on any atom is 0.273 e. The van der Waals surface area contributed by atoms with Crippen molar-refractivity contribution >= 4 is 17.9 Å². The number of para-hydroxylation sites is 1. The third kappa shape index (κ3) is 5.76. The molecule has 0 aliphatic rings. The van der Waals surface area contributed by atoms with Crippen molar-refractivity contribution < 1.29 is 18.7 Å². The maximum absolute atomic E-state index is 12.8. The predicted octanol–water partition coefficient (Wildman–Crippen LogP) is 3.09. The van der Waals surface area contributed by atoms with E-state index in [2.05, 4.69) is 10.9 Å². The Balaban J connectivity index is 1.91. The Labute approximate surface area is 145 Å². The summed E-state index contributed by atoms with van der Waals surface area (Å²) in [4.78, 5) is 23.9. The van der Waals surface area contributed by atoms with E-state index in [1.54, 1.807) is 36.4 Å². The SMILES string of the molecule is CCCOc1ccccc1C(=O)NNC(=O)C=Cc1ccc(F)cc1. The van der Waals surface area contributed by atoms with Gasteiger partial charge in [-0.1, -0.05) is 31.2 Å². The molecule has 0 radical (unpaired) electrons. The quantitative estimate of drug-likeness (QED) is 0.626. The van der Waals surface area contributed by atoms with E-state index in [0.717, 1.165) is 6.42 Å². The Morgan fingerprint density at radius 1 is 1.08 bits per heavy atom. The molecule has 0 aliphatic carbocycles. The van der Waals surface area contributed by atoms with Crippen molar-refractivity contribution in [3.05, 3.63) is 71.6 Å². The maximum atomic E-state index is 12.8. The highest BCUT2D eigenvalue weighted by Gasteiger charge is 2.12. The van der Waals surface area contributed by atoms with Gasteiger partial charge in [0.05, 0.1) is 12.2 Å². The van der Waals surface area contributed by atoms with Crippen LogP contribution in [0.15, 0.2) is 54.6 Å². The van der Waals surface area contributed by atoms with Crippen LogP contribution >= 0.6 is 0 Å². The topological polar surface area (TPSA) is 67.4 Å². The molecule has 2 N–H and O–H groups in total. The zero-order chi connectivity index (χ0) is 18.1. The van der Waals surface area contributed by atoms with E-state index >= 15 is 0 Å². The van der Waals surface area contributed by atoms with Gasteiger partial charge in [0.2, 0.25) is 0 Å². The van der Waals surface area contributed by atoms with E-state index in [-0.39, 0.29) is 5.82 Å². The summed E-state index contributed by atoms with van der Waals surface area (Å²) in [6.45, 7) is 2.47. The van der Waals surface area contributed by atoms with Crippen LogP contribution in [0.3, 0.4) is 0 Å². The summed E-state index contributed by atoms with van der Waals surface area (Å²) in [5, 5.41) is 0. The van der Waals surface area contributed by atoms with Crippen LogP contribution in [0.5, 0.6) is 5.75 Å². The third-order valence-corrected chi connectivity index (χ3v) is 3.19. The van der Waals surface area contributed by atoms with Gasteiger partial charge in [-0.2, -0.15) is 0 Å². The molecule has 0 atom stereocenters. The molecule has 25 heavy (non-hydrogen) atoms. The smallest absolute Gasteiger partial charge is 0.273 e. The molecule has 0 heterocycles. The number of halogens is 1. The largest absolute Gasteiger partial charge is 0.493 e. The minimum atomic E-state index is -0.510. The van der Waals surface area contributed by atoms with Gasteiger partial charge in [-0.25, -0.2) is 4.39 Å². The van der Waals surface area contributed by atoms with Crippen molar-refractivity contribution in [3.63, 3.8) is 0 Å². The van der Waals surface area contributed by atoms with E-state index in [9.17, 15) is 14.0 Å². The number of ether oxygens (including phenoxy) is 1. The van der Waals surface area contributed by atoms with Crippen LogP contribution in [-0.2, 0) is 4.79 Å². The van der Waals surface area contributed by atoms with E-state index in [4.69, 9.17) is 4.74 Å². The molecule has 0 spiro atoms. The molecule has 2 aromatic rings. The van der Waals surface area contributed by atoms with Crippen molar-refractivity contribution in [2.24, 2.45) is 0 Å². The highest BCUT2D eigenvalue weighted by Crippen LogP contribution is 2.17. The first-order valence-corrected chi connectivity index (χ1v) is 7.86. The molecule has 0 aromatic heterocycles. The van der Waals surface area contributed by atoms with Crippen molar-refractivity contribution in [3.8, 4) is 5.75 Å². The van der Waals surface area contributed by atoms with Gasteiger partial charge in [-0.3, -0.25) is 20.4 Å². The molecule has 2 amide bonds. The van der Waals surface area contributed by atoms with Crippen molar-refractivity contribution in [2.45, 2.75) is 13.3 Å². The van der Waals surface area contributed by atoms with Gasteiger partial charge in [-0.05, 0) is 42.3 Å². The summed E-state index contributed by atoms with van der Waals surface area (Å²) < 4.78 is 18.3. The summed E-state index contributed by atoms with van der Waals surface area (Å²) in [6, 6.07) is 12.5. The van der Waals surface area contributed by atoms with Crippen molar-refractivity contribution in [2.75, 3.05) is 6.61 Å². The standard InChI is InChI=1S/C19H19FN2O3/c1-2-13-25-17-6-4-3-5-16(17)19(24)22-21-18(23)12-9-14-7-10-15(20)11-8-14/h3-12H,2,13H2,1H3,(H,21,23)(H,22,24).